The van der Waals surface area contributed by atoms with E-state index in [1.807, 2.05) is 29.6 Å². The van der Waals surface area contributed by atoms with Gasteiger partial charge in [0.1, 0.15) is 16.4 Å². The summed E-state index contributed by atoms with van der Waals surface area (Å²) < 4.78 is 43.1. The van der Waals surface area contributed by atoms with Crippen LogP contribution in [0.15, 0.2) is 52.8 Å². The highest BCUT2D eigenvalue weighted by Crippen LogP contribution is 2.32. The number of thiophene rings is 1. The van der Waals surface area contributed by atoms with Crippen LogP contribution >= 0.6 is 11.3 Å². The number of ether oxygens (including phenoxy) is 1. The van der Waals surface area contributed by atoms with Crippen LogP contribution in [0.3, 0.4) is 0 Å². The van der Waals surface area contributed by atoms with Crippen molar-refractivity contribution in [1.29, 1.82) is 0 Å². The molecule has 148 valence electrons. The minimum atomic E-state index is -4.44. The fraction of sp³-hybridized carbons (Fsp3) is 0.150. The number of alkyl halides is 3. The van der Waals surface area contributed by atoms with Crippen LogP contribution in [0, 0.1) is 0 Å². The van der Waals surface area contributed by atoms with Gasteiger partial charge in [0, 0.05) is 29.3 Å². The third kappa shape index (κ3) is 3.86. The second-order valence-electron chi connectivity index (χ2n) is 6.28. The summed E-state index contributed by atoms with van der Waals surface area (Å²) in [4.78, 5) is 24.2. The first-order valence-electron chi connectivity index (χ1n) is 8.52. The van der Waals surface area contributed by atoms with E-state index in [2.05, 4.69) is 15.0 Å². The number of nitrogens with one attached hydrogen (secondary N) is 1. The minimum Gasteiger partial charge on any atom is -0.497 e. The predicted octanol–water partition coefficient (Wildman–Crippen LogP) is 4.66. The fourth-order valence-electron chi connectivity index (χ4n) is 2.93. The molecule has 29 heavy (non-hydrogen) atoms. The Morgan fingerprint density at radius 1 is 1.14 bits per heavy atom. The van der Waals surface area contributed by atoms with Crippen LogP contribution < -0.4 is 10.3 Å². The summed E-state index contributed by atoms with van der Waals surface area (Å²) in [6.07, 6.45) is -3.54. The Morgan fingerprint density at radius 2 is 1.90 bits per heavy atom. The number of halogens is 3. The molecule has 1 N–H and O–H groups in total. The zero-order valence-corrected chi connectivity index (χ0v) is 15.9. The molecule has 3 heterocycles. The van der Waals surface area contributed by atoms with E-state index in [0.29, 0.717) is 27.5 Å². The van der Waals surface area contributed by atoms with Gasteiger partial charge < -0.3 is 9.72 Å². The highest BCUT2D eigenvalue weighted by Gasteiger charge is 2.30. The lowest BCUT2D eigenvalue weighted by atomic mass is 10.1. The monoisotopic (exact) mass is 417 g/mol. The van der Waals surface area contributed by atoms with Gasteiger partial charge in [0.15, 0.2) is 0 Å². The molecule has 0 radical (unpaired) electrons. The van der Waals surface area contributed by atoms with E-state index >= 15 is 0 Å². The van der Waals surface area contributed by atoms with Crippen molar-refractivity contribution in [3.8, 4) is 16.9 Å². The third-order valence-electron chi connectivity index (χ3n) is 4.39. The zero-order valence-electron chi connectivity index (χ0n) is 15.1. The summed E-state index contributed by atoms with van der Waals surface area (Å²) in [6, 6.07) is 9.59. The van der Waals surface area contributed by atoms with Crippen LogP contribution in [0.4, 0.5) is 13.2 Å². The van der Waals surface area contributed by atoms with Crippen LogP contribution in [-0.4, -0.2) is 22.1 Å². The Kier molecular flexibility index (Phi) is 4.83. The van der Waals surface area contributed by atoms with E-state index in [0.717, 1.165) is 23.4 Å². The molecule has 0 saturated heterocycles. The molecule has 5 nitrogen and oxygen atoms in total. The number of H-pyrrole nitrogens is 1. The van der Waals surface area contributed by atoms with Crippen molar-refractivity contribution in [1.82, 2.24) is 15.0 Å². The molecule has 9 heteroatoms. The molecule has 1 aromatic carbocycles. The van der Waals surface area contributed by atoms with Gasteiger partial charge in [0.05, 0.1) is 18.1 Å². The van der Waals surface area contributed by atoms with E-state index in [-0.39, 0.29) is 12.0 Å². The topological polar surface area (TPSA) is 67.9 Å². The average Bonchev–Trinajstić information content (AvgIpc) is 3.12. The number of fused-ring (bicyclic) bond motifs is 1. The molecule has 0 spiro atoms. The van der Waals surface area contributed by atoms with Crippen LogP contribution in [0.1, 0.15) is 17.1 Å². The maximum atomic E-state index is 12.7. The van der Waals surface area contributed by atoms with Crippen molar-refractivity contribution in [2.45, 2.75) is 12.6 Å². The van der Waals surface area contributed by atoms with Crippen molar-refractivity contribution >= 4 is 21.6 Å². The molecular formula is C20H14F3N3O2S. The Labute approximate surface area is 166 Å². The van der Waals surface area contributed by atoms with Gasteiger partial charge in [-0.05, 0) is 29.8 Å². The smallest absolute Gasteiger partial charge is 0.417 e. The number of aromatic nitrogens is 3. The normalized spacial score (nSPS) is 11.7. The maximum absolute atomic E-state index is 12.7. The molecule has 4 aromatic rings. The maximum Gasteiger partial charge on any atom is 0.417 e. The molecule has 0 bridgehead atoms. The summed E-state index contributed by atoms with van der Waals surface area (Å²) in [5.41, 5.74) is 0.888. The molecule has 0 atom stereocenters. The number of benzene rings is 1. The number of aromatic amines is 1. The summed E-state index contributed by atoms with van der Waals surface area (Å²) in [7, 11) is 1.58. The lowest BCUT2D eigenvalue weighted by Gasteiger charge is -2.07. The van der Waals surface area contributed by atoms with Gasteiger partial charge >= 0.3 is 6.18 Å². The molecule has 0 amide bonds. The Bertz CT molecular complexity index is 1210. The van der Waals surface area contributed by atoms with E-state index in [9.17, 15) is 18.0 Å². The number of methoxy groups -OCH3 is 1. The number of hydrogen-bond donors (Lipinski definition) is 1. The number of nitrogens with zero attached hydrogens (tertiary/aromatic N) is 2. The van der Waals surface area contributed by atoms with Gasteiger partial charge in [-0.25, -0.2) is 4.98 Å². The lowest BCUT2D eigenvalue weighted by Crippen LogP contribution is -2.12. The molecule has 0 saturated carbocycles. The van der Waals surface area contributed by atoms with Gasteiger partial charge in [0.2, 0.25) is 0 Å². The van der Waals surface area contributed by atoms with Crippen molar-refractivity contribution in [3.63, 3.8) is 0 Å². The highest BCUT2D eigenvalue weighted by atomic mass is 32.1. The van der Waals surface area contributed by atoms with Crippen LogP contribution in [-0.2, 0) is 12.6 Å². The summed E-state index contributed by atoms with van der Waals surface area (Å²) in [5, 5.41) is 2.33. The number of rotatable bonds is 4. The second kappa shape index (κ2) is 7.32. The molecule has 0 aliphatic heterocycles. The second-order valence-corrected chi connectivity index (χ2v) is 7.14. The number of pyridine rings is 1. The fourth-order valence-corrected chi connectivity index (χ4v) is 3.90. The standard InChI is InChI=1S/C20H14F3N3O2S/c1-28-14-6-2-11(3-7-14)15-10-29-19-17(15)18(27)25-16(26-19)8-13-5-4-12(9-24-13)20(21,22)23/h2-7,9-10H,8H2,1H3,(H,25,26,27). The summed E-state index contributed by atoms with van der Waals surface area (Å²) >= 11 is 1.33. The van der Waals surface area contributed by atoms with Gasteiger partial charge in [0.25, 0.3) is 5.56 Å². The Balaban J connectivity index is 1.65. The molecule has 0 aliphatic rings. The van der Waals surface area contributed by atoms with Crippen LogP contribution in [0.25, 0.3) is 21.3 Å². The molecule has 0 unspecified atom stereocenters. The first-order valence-corrected chi connectivity index (χ1v) is 9.40. The molecular weight excluding hydrogens is 403 g/mol. The van der Waals surface area contributed by atoms with E-state index in [4.69, 9.17) is 4.74 Å². The first-order chi connectivity index (χ1) is 13.8. The van der Waals surface area contributed by atoms with Crippen molar-refractivity contribution < 1.29 is 17.9 Å². The Hall–Kier alpha value is -3.20. The van der Waals surface area contributed by atoms with Crippen molar-refractivity contribution in [3.05, 3.63) is 75.4 Å². The van der Waals surface area contributed by atoms with E-state index in [1.54, 1.807) is 7.11 Å². The Morgan fingerprint density at radius 3 is 2.52 bits per heavy atom. The van der Waals surface area contributed by atoms with Crippen molar-refractivity contribution in [2.75, 3.05) is 7.11 Å². The lowest BCUT2D eigenvalue weighted by molar-refractivity contribution is -0.137. The zero-order chi connectivity index (χ0) is 20.6. The molecule has 0 aliphatic carbocycles. The van der Waals surface area contributed by atoms with Gasteiger partial charge in [-0.2, -0.15) is 13.2 Å². The molecule has 4 rings (SSSR count). The van der Waals surface area contributed by atoms with Gasteiger partial charge in [-0.1, -0.05) is 12.1 Å². The van der Waals surface area contributed by atoms with Gasteiger partial charge in [-0.15, -0.1) is 11.3 Å². The van der Waals surface area contributed by atoms with E-state index in [1.165, 1.54) is 17.4 Å². The van der Waals surface area contributed by atoms with Crippen molar-refractivity contribution in [2.24, 2.45) is 0 Å². The third-order valence-corrected chi connectivity index (χ3v) is 5.27. The summed E-state index contributed by atoms with van der Waals surface area (Å²) in [6.45, 7) is 0. The molecule has 3 aromatic heterocycles. The average molecular weight is 417 g/mol. The minimum absolute atomic E-state index is 0.124. The van der Waals surface area contributed by atoms with Gasteiger partial charge in [-0.3, -0.25) is 9.78 Å². The predicted molar refractivity (Wildman–Crippen MR) is 104 cm³/mol. The first kappa shape index (κ1) is 19.1. The summed E-state index contributed by atoms with van der Waals surface area (Å²) in [5.74, 6) is 1.06. The van der Waals surface area contributed by atoms with Crippen LogP contribution in [0.2, 0.25) is 0 Å². The molecule has 0 fully saturated rings. The van der Waals surface area contributed by atoms with E-state index < -0.39 is 11.7 Å². The quantitative estimate of drug-likeness (QED) is 0.524. The van der Waals surface area contributed by atoms with Crippen LogP contribution in [0.5, 0.6) is 5.75 Å². The highest BCUT2D eigenvalue weighted by molar-refractivity contribution is 7.17. The number of hydrogen-bond acceptors (Lipinski definition) is 5. The largest absolute Gasteiger partial charge is 0.497 e. The SMILES string of the molecule is COc1ccc(-c2csc3nc(Cc4ccc(C(F)(F)F)cn4)[nH]c(=O)c23)cc1.